The molecular formula is C23H24N2O3S2. The van der Waals surface area contributed by atoms with Crippen LogP contribution in [0, 0.1) is 0 Å². The minimum atomic E-state index is -3.44. The Morgan fingerprint density at radius 3 is 2.20 bits per heavy atom. The van der Waals surface area contributed by atoms with Gasteiger partial charge in [-0.3, -0.25) is 9.10 Å². The van der Waals surface area contributed by atoms with Crippen LogP contribution < -0.4 is 9.62 Å². The maximum Gasteiger partial charge on any atom is 0.255 e. The predicted molar refractivity (Wildman–Crippen MR) is 125 cm³/mol. The fourth-order valence-electron chi connectivity index (χ4n) is 2.97. The lowest BCUT2D eigenvalue weighted by Gasteiger charge is -2.22. The lowest BCUT2D eigenvalue weighted by molar-refractivity contribution is 0.102. The molecule has 3 rings (SSSR count). The normalized spacial score (nSPS) is 11.1. The van der Waals surface area contributed by atoms with Crippen LogP contribution in [0.25, 0.3) is 0 Å². The number of hydrogen-bond acceptors (Lipinski definition) is 4. The second-order valence-corrected chi connectivity index (χ2v) is 9.90. The van der Waals surface area contributed by atoms with E-state index < -0.39 is 10.0 Å². The van der Waals surface area contributed by atoms with Crippen LogP contribution in [0.15, 0.2) is 83.8 Å². The minimum Gasteiger partial charge on any atom is -0.321 e. The number of carbonyl (C=O) groups excluding carboxylic acids is 1. The molecule has 1 N–H and O–H groups in total. The van der Waals surface area contributed by atoms with Crippen LogP contribution in [0.4, 0.5) is 11.4 Å². The molecule has 7 heteroatoms. The SMILES string of the molecule is CCSc1ccccc1NC(=O)c1ccc(CN(c2ccccc2)S(C)(=O)=O)cc1. The first kappa shape index (κ1) is 21.9. The van der Waals surface area contributed by atoms with Gasteiger partial charge in [0.15, 0.2) is 0 Å². The number of benzene rings is 3. The molecule has 0 atom stereocenters. The molecule has 3 aromatic rings. The van der Waals surface area contributed by atoms with Gasteiger partial charge in [-0.15, -0.1) is 11.8 Å². The molecule has 156 valence electrons. The van der Waals surface area contributed by atoms with Crippen molar-refractivity contribution < 1.29 is 13.2 Å². The van der Waals surface area contributed by atoms with Gasteiger partial charge < -0.3 is 5.32 Å². The van der Waals surface area contributed by atoms with E-state index in [1.54, 1.807) is 60.3 Å². The first-order chi connectivity index (χ1) is 14.4. The summed E-state index contributed by atoms with van der Waals surface area (Å²) in [7, 11) is -3.44. The highest BCUT2D eigenvalue weighted by atomic mass is 32.2. The summed E-state index contributed by atoms with van der Waals surface area (Å²) in [6, 6.07) is 23.7. The summed E-state index contributed by atoms with van der Waals surface area (Å²) in [6.45, 7) is 2.26. The van der Waals surface area contributed by atoms with E-state index >= 15 is 0 Å². The van der Waals surface area contributed by atoms with E-state index in [4.69, 9.17) is 0 Å². The summed E-state index contributed by atoms with van der Waals surface area (Å²) in [6.07, 6.45) is 1.19. The third-order valence-electron chi connectivity index (χ3n) is 4.42. The summed E-state index contributed by atoms with van der Waals surface area (Å²) in [5.74, 6) is 0.716. The Bertz CT molecular complexity index is 1100. The predicted octanol–water partition coefficient (Wildman–Crippen LogP) is 5.02. The molecule has 0 bridgehead atoms. The van der Waals surface area contributed by atoms with E-state index in [-0.39, 0.29) is 12.5 Å². The molecule has 0 unspecified atom stereocenters. The van der Waals surface area contributed by atoms with E-state index in [0.29, 0.717) is 11.3 Å². The summed E-state index contributed by atoms with van der Waals surface area (Å²) in [4.78, 5) is 13.7. The van der Waals surface area contributed by atoms with Crippen molar-refractivity contribution in [2.45, 2.75) is 18.4 Å². The van der Waals surface area contributed by atoms with Crippen LogP contribution in [-0.4, -0.2) is 26.3 Å². The molecule has 0 fully saturated rings. The van der Waals surface area contributed by atoms with Crippen molar-refractivity contribution >= 4 is 39.1 Å². The monoisotopic (exact) mass is 440 g/mol. The number of sulfonamides is 1. The molecule has 5 nitrogen and oxygen atoms in total. The number of carbonyl (C=O) groups is 1. The zero-order valence-electron chi connectivity index (χ0n) is 16.9. The van der Waals surface area contributed by atoms with Crippen molar-refractivity contribution in [2.75, 3.05) is 21.6 Å². The Morgan fingerprint density at radius 1 is 0.933 bits per heavy atom. The highest BCUT2D eigenvalue weighted by Gasteiger charge is 2.18. The van der Waals surface area contributed by atoms with Crippen molar-refractivity contribution in [1.82, 2.24) is 0 Å². The van der Waals surface area contributed by atoms with Crippen LogP contribution in [0.2, 0.25) is 0 Å². The lowest BCUT2D eigenvalue weighted by Crippen LogP contribution is -2.29. The maximum atomic E-state index is 12.7. The van der Waals surface area contributed by atoms with Gasteiger partial charge in [0.1, 0.15) is 0 Å². The molecule has 30 heavy (non-hydrogen) atoms. The molecule has 0 aromatic heterocycles. The van der Waals surface area contributed by atoms with Crippen molar-refractivity contribution in [3.05, 3.63) is 90.0 Å². The third kappa shape index (κ3) is 5.64. The van der Waals surface area contributed by atoms with Crippen molar-refractivity contribution in [1.29, 1.82) is 0 Å². The summed E-state index contributed by atoms with van der Waals surface area (Å²) in [5, 5.41) is 2.96. The number of anilines is 2. The van der Waals surface area contributed by atoms with Crippen molar-refractivity contribution in [2.24, 2.45) is 0 Å². The van der Waals surface area contributed by atoms with Crippen LogP contribution in [0.5, 0.6) is 0 Å². The number of amides is 1. The summed E-state index contributed by atoms with van der Waals surface area (Å²) >= 11 is 1.67. The maximum absolute atomic E-state index is 12.7. The second kappa shape index (κ2) is 9.82. The number of thioether (sulfide) groups is 1. The Labute approximate surface area is 182 Å². The largest absolute Gasteiger partial charge is 0.321 e. The van der Waals surface area contributed by atoms with Gasteiger partial charge >= 0.3 is 0 Å². The zero-order chi connectivity index (χ0) is 21.6. The highest BCUT2D eigenvalue weighted by Crippen LogP contribution is 2.27. The molecule has 0 heterocycles. The highest BCUT2D eigenvalue weighted by molar-refractivity contribution is 7.99. The molecule has 1 amide bonds. The number of nitrogens with zero attached hydrogens (tertiary/aromatic N) is 1. The van der Waals surface area contributed by atoms with E-state index in [2.05, 4.69) is 12.2 Å². The van der Waals surface area contributed by atoms with E-state index in [0.717, 1.165) is 21.9 Å². The van der Waals surface area contributed by atoms with Crippen LogP contribution in [0.3, 0.4) is 0 Å². The average molecular weight is 441 g/mol. The number of rotatable bonds is 8. The molecular weight excluding hydrogens is 416 g/mol. The van der Waals surface area contributed by atoms with Gasteiger partial charge in [-0.25, -0.2) is 8.42 Å². The second-order valence-electron chi connectivity index (χ2n) is 6.69. The first-order valence-electron chi connectivity index (χ1n) is 9.53. The number of hydrogen-bond donors (Lipinski definition) is 1. The molecule has 0 aliphatic carbocycles. The van der Waals surface area contributed by atoms with Crippen LogP contribution >= 0.6 is 11.8 Å². The molecule has 0 aliphatic heterocycles. The van der Waals surface area contributed by atoms with Crippen LogP contribution in [0.1, 0.15) is 22.8 Å². The number of para-hydroxylation sites is 2. The Balaban J connectivity index is 1.75. The quantitative estimate of drug-likeness (QED) is 0.500. The van der Waals surface area contributed by atoms with Gasteiger partial charge in [0.25, 0.3) is 5.91 Å². The lowest BCUT2D eigenvalue weighted by atomic mass is 10.1. The smallest absolute Gasteiger partial charge is 0.255 e. The Kier molecular flexibility index (Phi) is 7.18. The minimum absolute atomic E-state index is 0.195. The van der Waals surface area contributed by atoms with Crippen LogP contribution in [-0.2, 0) is 16.6 Å². The molecule has 0 aliphatic rings. The molecule has 0 radical (unpaired) electrons. The van der Waals surface area contributed by atoms with E-state index in [1.807, 2.05) is 30.3 Å². The first-order valence-corrected chi connectivity index (χ1v) is 12.4. The number of nitrogens with one attached hydrogen (secondary N) is 1. The average Bonchev–Trinajstić information content (AvgIpc) is 2.74. The molecule has 0 saturated heterocycles. The summed E-state index contributed by atoms with van der Waals surface area (Å²) in [5.41, 5.74) is 2.70. The van der Waals surface area contributed by atoms with Gasteiger partial charge in [0, 0.05) is 10.5 Å². The van der Waals surface area contributed by atoms with Gasteiger partial charge in [-0.2, -0.15) is 0 Å². The standard InChI is InChI=1S/C23H24N2O3S2/c1-3-29-22-12-8-7-11-21(22)24-23(26)19-15-13-18(14-16-19)17-25(30(2,27)28)20-9-5-4-6-10-20/h4-16H,3,17H2,1-2H3,(H,24,26). The third-order valence-corrected chi connectivity index (χ3v) is 6.52. The Morgan fingerprint density at radius 2 is 1.57 bits per heavy atom. The van der Waals surface area contributed by atoms with Crippen molar-refractivity contribution in [3.63, 3.8) is 0 Å². The molecule has 0 saturated carbocycles. The fraction of sp³-hybridized carbons (Fsp3) is 0.174. The van der Waals surface area contributed by atoms with E-state index in [9.17, 15) is 13.2 Å². The Hall–Kier alpha value is -2.77. The topological polar surface area (TPSA) is 66.5 Å². The van der Waals surface area contributed by atoms with Gasteiger partial charge in [-0.1, -0.05) is 49.4 Å². The van der Waals surface area contributed by atoms with Gasteiger partial charge in [-0.05, 0) is 47.7 Å². The van der Waals surface area contributed by atoms with E-state index in [1.165, 1.54) is 10.6 Å². The van der Waals surface area contributed by atoms with Gasteiger partial charge in [0.2, 0.25) is 10.0 Å². The molecule has 0 spiro atoms. The fourth-order valence-corrected chi connectivity index (χ4v) is 4.62. The summed E-state index contributed by atoms with van der Waals surface area (Å²) < 4.78 is 25.9. The van der Waals surface area contributed by atoms with Crippen molar-refractivity contribution in [3.8, 4) is 0 Å². The zero-order valence-corrected chi connectivity index (χ0v) is 18.5. The molecule has 3 aromatic carbocycles. The van der Waals surface area contributed by atoms with Gasteiger partial charge in [0.05, 0.1) is 24.2 Å².